The van der Waals surface area contributed by atoms with Crippen LogP contribution in [0, 0.1) is 0 Å². The summed E-state index contributed by atoms with van der Waals surface area (Å²) >= 11 is 13.0. The zero-order valence-corrected chi connectivity index (χ0v) is 15.0. The summed E-state index contributed by atoms with van der Waals surface area (Å²) in [5.74, 6) is 1.09. The minimum Gasteiger partial charge on any atom is -0.493 e. The van der Waals surface area contributed by atoms with E-state index < -0.39 is 0 Å². The molecule has 0 atom stereocenters. The van der Waals surface area contributed by atoms with Crippen molar-refractivity contribution in [1.29, 1.82) is 0 Å². The third-order valence-corrected chi connectivity index (χ3v) is 5.32. The van der Waals surface area contributed by atoms with Gasteiger partial charge in [0.2, 0.25) is 5.88 Å². The van der Waals surface area contributed by atoms with E-state index in [4.69, 9.17) is 27.9 Å². The van der Waals surface area contributed by atoms with Crippen LogP contribution < -0.4 is 9.61 Å². The van der Waals surface area contributed by atoms with Gasteiger partial charge in [-0.2, -0.15) is 0 Å². The molecule has 0 saturated carbocycles. The molecule has 1 aliphatic carbocycles. The normalized spacial score (nSPS) is 12.8. The number of hydrogen-bond donors (Lipinski definition) is 2. The minimum absolute atomic E-state index is 0.0950. The number of hydrogen-bond acceptors (Lipinski definition) is 4. The van der Waals surface area contributed by atoms with Crippen LogP contribution in [-0.4, -0.2) is 10.1 Å². The standard InChI is InChI=1S/C18H11Cl2NO3S/c19-10-2-6-15(14(20)8-10)24-11-3-5-12-9(7-11)1-4-13(12)16-17(22)21-18(23)25-16/h2-8,22H,1H2,(H,21,23). The first-order chi connectivity index (χ1) is 12.0. The quantitative estimate of drug-likeness (QED) is 0.642. The molecule has 0 aliphatic heterocycles. The molecule has 2 N–H and O–H groups in total. The fourth-order valence-corrected chi connectivity index (χ4v) is 4.02. The number of aromatic hydroxyl groups is 1. The summed E-state index contributed by atoms with van der Waals surface area (Å²) in [4.78, 5) is 14.1. The zero-order chi connectivity index (χ0) is 17.6. The molecule has 4 nitrogen and oxygen atoms in total. The molecule has 0 radical (unpaired) electrons. The summed E-state index contributed by atoms with van der Waals surface area (Å²) in [5, 5.41) is 10.9. The van der Waals surface area contributed by atoms with E-state index in [1.54, 1.807) is 18.2 Å². The van der Waals surface area contributed by atoms with Gasteiger partial charge in [0.25, 0.3) is 0 Å². The van der Waals surface area contributed by atoms with Gasteiger partial charge in [-0.1, -0.05) is 46.7 Å². The van der Waals surface area contributed by atoms with Crippen molar-refractivity contribution in [3.63, 3.8) is 0 Å². The fraction of sp³-hybridized carbons (Fsp3) is 0.0556. The van der Waals surface area contributed by atoms with Gasteiger partial charge in [0.1, 0.15) is 11.5 Å². The SMILES string of the molecule is O=c1[nH]c(O)c(C2=CCc3cc(Oc4ccc(Cl)cc4Cl)ccc32)s1. The van der Waals surface area contributed by atoms with E-state index in [1.807, 2.05) is 24.3 Å². The second-order valence-electron chi connectivity index (χ2n) is 5.51. The Morgan fingerprint density at radius 1 is 1.16 bits per heavy atom. The van der Waals surface area contributed by atoms with Crippen LogP contribution in [0.25, 0.3) is 5.57 Å². The summed E-state index contributed by atoms with van der Waals surface area (Å²) in [7, 11) is 0. The van der Waals surface area contributed by atoms with Gasteiger partial charge in [-0.05, 0) is 47.9 Å². The van der Waals surface area contributed by atoms with Crippen molar-refractivity contribution in [2.24, 2.45) is 0 Å². The Morgan fingerprint density at radius 2 is 2.00 bits per heavy atom. The summed E-state index contributed by atoms with van der Waals surface area (Å²) in [6.07, 6.45) is 2.68. The molecule has 0 fully saturated rings. The van der Waals surface area contributed by atoms with Crippen LogP contribution in [0.3, 0.4) is 0 Å². The lowest BCUT2D eigenvalue weighted by Crippen LogP contribution is -1.90. The van der Waals surface area contributed by atoms with Crippen LogP contribution in [0.5, 0.6) is 17.4 Å². The van der Waals surface area contributed by atoms with Crippen molar-refractivity contribution >= 4 is 40.1 Å². The maximum absolute atomic E-state index is 11.4. The van der Waals surface area contributed by atoms with Crippen LogP contribution in [0.2, 0.25) is 10.0 Å². The first-order valence-electron chi connectivity index (χ1n) is 7.40. The smallest absolute Gasteiger partial charge is 0.307 e. The van der Waals surface area contributed by atoms with Crippen molar-refractivity contribution in [1.82, 2.24) is 4.98 Å². The summed E-state index contributed by atoms with van der Waals surface area (Å²) in [6, 6.07) is 10.7. The summed E-state index contributed by atoms with van der Waals surface area (Å²) < 4.78 is 5.84. The molecule has 0 amide bonds. The van der Waals surface area contributed by atoms with Gasteiger partial charge in [0.15, 0.2) is 0 Å². The second-order valence-corrected chi connectivity index (χ2v) is 7.34. The Hall–Kier alpha value is -2.21. The Bertz CT molecular complexity index is 1070. The molecule has 0 bridgehead atoms. The lowest BCUT2D eigenvalue weighted by molar-refractivity contribution is 0.455. The van der Waals surface area contributed by atoms with E-state index in [0.29, 0.717) is 32.8 Å². The third kappa shape index (κ3) is 3.06. The molecule has 1 aliphatic rings. The Morgan fingerprint density at radius 3 is 2.72 bits per heavy atom. The Kier molecular flexibility index (Phi) is 4.07. The third-order valence-electron chi connectivity index (χ3n) is 3.89. The first kappa shape index (κ1) is 16.3. The van der Waals surface area contributed by atoms with E-state index in [2.05, 4.69) is 4.98 Å². The Balaban J connectivity index is 1.64. The van der Waals surface area contributed by atoms with Gasteiger partial charge in [-0.15, -0.1) is 0 Å². The van der Waals surface area contributed by atoms with Gasteiger partial charge in [-0.25, -0.2) is 0 Å². The monoisotopic (exact) mass is 391 g/mol. The zero-order valence-electron chi connectivity index (χ0n) is 12.7. The first-order valence-corrected chi connectivity index (χ1v) is 8.97. The maximum atomic E-state index is 11.4. The van der Waals surface area contributed by atoms with Gasteiger partial charge in [-0.3, -0.25) is 9.78 Å². The molecule has 2 aromatic carbocycles. The van der Waals surface area contributed by atoms with Crippen LogP contribution in [0.15, 0.2) is 47.3 Å². The molecule has 1 aromatic heterocycles. The molecule has 126 valence electrons. The molecular weight excluding hydrogens is 381 g/mol. The predicted octanol–water partition coefficient (Wildman–Crippen LogP) is 5.23. The lowest BCUT2D eigenvalue weighted by Gasteiger charge is -2.10. The number of fused-ring (bicyclic) bond motifs is 1. The number of ether oxygens (including phenoxy) is 1. The van der Waals surface area contributed by atoms with Crippen LogP contribution in [0.1, 0.15) is 16.0 Å². The number of allylic oxidation sites excluding steroid dienone is 1. The lowest BCUT2D eigenvalue weighted by atomic mass is 10.0. The highest BCUT2D eigenvalue weighted by atomic mass is 35.5. The largest absolute Gasteiger partial charge is 0.493 e. The predicted molar refractivity (Wildman–Crippen MR) is 100 cm³/mol. The van der Waals surface area contributed by atoms with Crippen LogP contribution >= 0.6 is 34.5 Å². The topological polar surface area (TPSA) is 62.3 Å². The molecular formula is C18H11Cl2NO3S. The molecule has 0 spiro atoms. The van der Waals surface area contributed by atoms with Crippen molar-refractivity contribution < 1.29 is 9.84 Å². The van der Waals surface area contributed by atoms with E-state index >= 15 is 0 Å². The van der Waals surface area contributed by atoms with Crippen molar-refractivity contribution in [2.45, 2.75) is 6.42 Å². The average molecular weight is 392 g/mol. The van der Waals surface area contributed by atoms with E-state index in [1.165, 1.54) is 0 Å². The Labute approximate surface area is 156 Å². The van der Waals surface area contributed by atoms with Crippen LogP contribution in [0.4, 0.5) is 0 Å². The molecule has 25 heavy (non-hydrogen) atoms. The number of aromatic amines is 1. The van der Waals surface area contributed by atoms with Gasteiger partial charge in [0.05, 0.1) is 9.90 Å². The molecule has 0 unspecified atom stereocenters. The number of halogens is 2. The highest BCUT2D eigenvalue weighted by Gasteiger charge is 2.21. The molecule has 0 saturated heterocycles. The highest BCUT2D eigenvalue weighted by molar-refractivity contribution is 7.10. The van der Waals surface area contributed by atoms with Gasteiger partial charge >= 0.3 is 4.87 Å². The summed E-state index contributed by atoms with van der Waals surface area (Å²) in [6.45, 7) is 0. The van der Waals surface area contributed by atoms with Gasteiger partial charge in [0, 0.05) is 10.6 Å². The van der Waals surface area contributed by atoms with Gasteiger partial charge < -0.3 is 9.84 Å². The van der Waals surface area contributed by atoms with E-state index in [0.717, 1.165) is 28.0 Å². The van der Waals surface area contributed by atoms with E-state index in [-0.39, 0.29) is 10.8 Å². The maximum Gasteiger partial charge on any atom is 0.307 e. The molecule has 7 heteroatoms. The number of aromatic nitrogens is 1. The minimum atomic E-state index is -0.279. The number of nitrogens with one attached hydrogen (secondary N) is 1. The van der Waals surface area contributed by atoms with Crippen molar-refractivity contribution in [3.8, 4) is 17.4 Å². The van der Waals surface area contributed by atoms with E-state index in [9.17, 15) is 9.90 Å². The fourth-order valence-electron chi connectivity index (χ4n) is 2.79. The van der Waals surface area contributed by atoms with Crippen molar-refractivity contribution in [3.05, 3.63) is 78.2 Å². The summed E-state index contributed by atoms with van der Waals surface area (Å²) in [5.41, 5.74) is 2.88. The van der Waals surface area contributed by atoms with Crippen molar-refractivity contribution in [2.75, 3.05) is 0 Å². The molecule has 1 heterocycles. The number of thiazole rings is 1. The second kappa shape index (κ2) is 6.26. The number of benzene rings is 2. The average Bonchev–Trinajstić information content (AvgIpc) is 3.12. The van der Waals surface area contributed by atoms with Crippen LogP contribution in [-0.2, 0) is 6.42 Å². The molecule has 4 rings (SSSR count). The number of rotatable bonds is 3. The number of H-pyrrole nitrogens is 1. The molecule has 3 aromatic rings. The highest BCUT2D eigenvalue weighted by Crippen LogP contribution is 2.40.